The second-order valence-electron chi connectivity index (χ2n) is 2.71. The van der Waals surface area contributed by atoms with Crippen molar-refractivity contribution in [1.82, 2.24) is 0 Å². The molecule has 0 nitrogen and oxygen atoms in total. The van der Waals surface area contributed by atoms with Crippen LogP contribution in [-0.4, -0.2) is 11.8 Å². The van der Waals surface area contributed by atoms with Gasteiger partial charge in [-0.15, -0.1) is 0 Å². The number of rotatable bonds is 4. The van der Waals surface area contributed by atoms with E-state index in [0.29, 0.717) is 0 Å². The molecular formula is C7H14ClP. The minimum atomic E-state index is -0.0621. The lowest BCUT2D eigenvalue weighted by molar-refractivity contribution is 0.892. The minimum Gasteiger partial charge on any atom is -0.0961 e. The topological polar surface area (TPSA) is 0 Å². The molecule has 1 fully saturated rings. The van der Waals surface area contributed by atoms with E-state index in [1.54, 1.807) is 0 Å². The van der Waals surface area contributed by atoms with Crippen molar-refractivity contribution in [2.45, 2.75) is 38.3 Å². The van der Waals surface area contributed by atoms with E-state index in [9.17, 15) is 0 Å². The second-order valence-corrected chi connectivity index (χ2v) is 5.99. The van der Waals surface area contributed by atoms with Crippen molar-refractivity contribution in [2.75, 3.05) is 6.16 Å². The Hall–Kier alpha value is 0.720. The monoisotopic (exact) mass is 164 g/mol. The maximum atomic E-state index is 6.12. The highest BCUT2D eigenvalue weighted by atomic mass is 35.7. The molecule has 0 aromatic heterocycles. The summed E-state index contributed by atoms with van der Waals surface area (Å²) in [5.41, 5.74) is 0.952. The number of hydrogen-bond donors (Lipinski definition) is 0. The van der Waals surface area contributed by atoms with Crippen molar-refractivity contribution in [3.63, 3.8) is 0 Å². The Morgan fingerprint density at radius 2 is 2.22 bits per heavy atom. The molecule has 1 aliphatic carbocycles. The van der Waals surface area contributed by atoms with E-state index in [0.717, 1.165) is 5.66 Å². The molecule has 0 aromatic rings. The van der Waals surface area contributed by atoms with Crippen LogP contribution in [0.5, 0.6) is 0 Å². The largest absolute Gasteiger partial charge is 0.0961 e. The molecule has 9 heavy (non-hydrogen) atoms. The summed E-state index contributed by atoms with van der Waals surface area (Å²) in [6.07, 6.45) is 6.78. The Morgan fingerprint density at radius 3 is 2.67 bits per heavy atom. The van der Waals surface area contributed by atoms with Gasteiger partial charge in [0, 0.05) is 0 Å². The normalized spacial score (nSPS) is 22.0. The summed E-state index contributed by atoms with van der Waals surface area (Å²) >= 11 is 6.12. The molecule has 0 amide bonds. The van der Waals surface area contributed by atoms with Gasteiger partial charge in [-0.05, 0) is 38.4 Å². The summed E-state index contributed by atoms with van der Waals surface area (Å²) in [7, 11) is -0.0621. The van der Waals surface area contributed by atoms with Gasteiger partial charge in [-0.2, -0.15) is 0 Å². The van der Waals surface area contributed by atoms with Gasteiger partial charge in [0.05, 0.1) is 0 Å². The highest BCUT2D eigenvalue weighted by molar-refractivity contribution is 7.84. The molecule has 1 atom stereocenters. The fraction of sp³-hybridized carbons (Fsp3) is 1.00. The van der Waals surface area contributed by atoms with Gasteiger partial charge >= 0.3 is 0 Å². The Morgan fingerprint density at radius 1 is 1.56 bits per heavy atom. The zero-order valence-electron chi connectivity index (χ0n) is 5.94. The molecule has 0 spiro atoms. The Labute approximate surface area is 63.5 Å². The third kappa shape index (κ3) is 2.87. The first-order valence-electron chi connectivity index (χ1n) is 3.77. The number of hydrogen-bond acceptors (Lipinski definition) is 0. The summed E-state index contributed by atoms with van der Waals surface area (Å²) < 4.78 is 0. The first-order chi connectivity index (χ1) is 4.34. The SMILES string of the molecule is CCCCP(Cl)C1CC1. The maximum Gasteiger partial charge on any atom is -0.00656 e. The Balaban J connectivity index is 1.96. The van der Waals surface area contributed by atoms with Gasteiger partial charge in [0.25, 0.3) is 0 Å². The lowest BCUT2D eigenvalue weighted by Gasteiger charge is -2.04. The van der Waals surface area contributed by atoms with Gasteiger partial charge in [-0.25, -0.2) is 0 Å². The van der Waals surface area contributed by atoms with Crippen LogP contribution in [0.1, 0.15) is 32.6 Å². The standard InChI is InChI=1S/C7H14ClP/c1-2-3-6-9(8)7-4-5-7/h7H,2-6H2,1H3. The summed E-state index contributed by atoms with van der Waals surface area (Å²) in [4.78, 5) is 0. The van der Waals surface area contributed by atoms with Crippen LogP contribution in [0.2, 0.25) is 0 Å². The smallest absolute Gasteiger partial charge is 0.00656 e. The van der Waals surface area contributed by atoms with Crippen molar-refractivity contribution in [3.8, 4) is 0 Å². The van der Waals surface area contributed by atoms with Gasteiger partial charge in [-0.1, -0.05) is 24.6 Å². The predicted molar refractivity (Wildman–Crippen MR) is 45.6 cm³/mol. The number of halogens is 1. The van der Waals surface area contributed by atoms with Crippen LogP contribution in [0.25, 0.3) is 0 Å². The zero-order valence-corrected chi connectivity index (χ0v) is 7.59. The number of unbranched alkanes of at least 4 members (excludes halogenated alkanes) is 1. The van der Waals surface area contributed by atoms with E-state index >= 15 is 0 Å². The van der Waals surface area contributed by atoms with Crippen molar-refractivity contribution in [1.29, 1.82) is 0 Å². The summed E-state index contributed by atoms with van der Waals surface area (Å²) in [6, 6.07) is 0. The van der Waals surface area contributed by atoms with Gasteiger partial charge in [0.2, 0.25) is 0 Å². The van der Waals surface area contributed by atoms with Crippen molar-refractivity contribution >= 4 is 18.5 Å². The lowest BCUT2D eigenvalue weighted by Crippen LogP contribution is -1.82. The molecule has 0 bridgehead atoms. The van der Waals surface area contributed by atoms with Crippen LogP contribution in [0, 0.1) is 0 Å². The van der Waals surface area contributed by atoms with Crippen LogP contribution in [0.15, 0.2) is 0 Å². The molecule has 0 heterocycles. The molecule has 0 aliphatic heterocycles. The van der Waals surface area contributed by atoms with E-state index < -0.39 is 0 Å². The molecule has 1 saturated carbocycles. The quantitative estimate of drug-likeness (QED) is 0.557. The van der Waals surface area contributed by atoms with E-state index in [2.05, 4.69) is 6.92 Å². The minimum absolute atomic E-state index is 0.0621. The van der Waals surface area contributed by atoms with Crippen LogP contribution in [0.4, 0.5) is 0 Å². The van der Waals surface area contributed by atoms with Crippen LogP contribution < -0.4 is 0 Å². The highest BCUT2D eigenvalue weighted by Crippen LogP contribution is 2.57. The predicted octanol–water partition coefficient (Wildman–Crippen LogP) is 3.58. The summed E-state index contributed by atoms with van der Waals surface area (Å²) in [5.74, 6) is 0. The molecule has 1 aliphatic rings. The van der Waals surface area contributed by atoms with Crippen molar-refractivity contribution in [2.24, 2.45) is 0 Å². The molecule has 0 N–H and O–H groups in total. The third-order valence-electron chi connectivity index (χ3n) is 1.67. The van der Waals surface area contributed by atoms with E-state index in [-0.39, 0.29) is 7.27 Å². The first kappa shape index (κ1) is 7.82. The molecule has 0 radical (unpaired) electrons. The van der Waals surface area contributed by atoms with Crippen molar-refractivity contribution in [3.05, 3.63) is 0 Å². The molecular weight excluding hydrogens is 151 g/mol. The van der Waals surface area contributed by atoms with Gasteiger partial charge in [0.15, 0.2) is 0 Å². The molecule has 1 unspecified atom stereocenters. The van der Waals surface area contributed by atoms with E-state index in [1.165, 1.54) is 31.8 Å². The summed E-state index contributed by atoms with van der Waals surface area (Å²) in [6.45, 7) is 2.23. The third-order valence-corrected chi connectivity index (χ3v) is 5.06. The first-order valence-corrected chi connectivity index (χ1v) is 6.27. The fourth-order valence-corrected chi connectivity index (χ4v) is 3.48. The lowest BCUT2D eigenvalue weighted by atomic mass is 10.4. The van der Waals surface area contributed by atoms with Crippen LogP contribution in [0.3, 0.4) is 0 Å². The van der Waals surface area contributed by atoms with E-state index in [1.807, 2.05) is 0 Å². The molecule has 54 valence electrons. The average molecular weight is 165 g/mol. The van der Waals surface area contributed by atoms with Crippen molar-refractivity contribution < 1.29 is 0 Å². The molecule has 1 rings (SSSR count). The van der Waals surface area contributed by atoms with Crippen LogP contribution in [-0.2, 0) is 0 Å². The van der Waals surface area contributed by atoms with E-state index in [4.69, 9.17) is 11.2 Å². The van der Waals surface area contributed by atoms with Gasteiger partial charge < -0.3 is 0 Å². The fourth-order valence-electron chi connectivity index (χ4n) is 0.846. The Kier molecular flexibility index (Phi) is 3.29. The van der Waals surface area contributed by atoms with Gasteiger partial charge in [0.1, 0.15) is 0 Å². The van der Waals surface area contributed by atoms with Gasteiger partial charge in [-0.3, -0.25) is 0 Å². The van der Waals surface area contributed by atoms with Crippen LogP contribution >= 0.6 is 18.5 Å². The summed E-state index contributed by atoms with van der Waals surface area (Å²) in [5, 5.41) is 0. The molecule has 0 aromatic carbocycles. The molecule has 2 heteroatoms. The average Bonchev–Trinajstić information content (AvgIpc) is 2.63. The Bertz CT molecular complexity index is 81.0. The highest BCUT2D eigenvalue weighted by Gasteiger charge is 2.28. The zero-order chi connectivity index (χ0) is 6.69. The second kappa shape index (κ2) is 3.78. The molecule has 0 saturated heterocycles. The maximum absolute atomic E-state index is 6.12.